The van der Waals surface area contributed by atoms with Crippen molar-refractivity contribution < 1.29 is 23.5 Å². The van der Waals surface area contributed by atoms with Crippen LogP contribution in [0.4, 0.5) is 0 Å². The summed E-state index contributed by atoms with van der Waals surface area (Å²) in [5.74, 6) is -1.47. The lowest BCUT2D eigenvalue weighted by Crippen LogP contribution is -2.23. The first-order chi connectivity index (χ1) is 9.49. The molecule has 1 aromatic rings. The van der Waals surface area contributed by atoms with Crippen molar-refractivity contribution in [2.24, 2.45) is 0 Å². The molecule has 0 saturated heterocycles. The molecule has 0 aromatic carbocycles. The number of nitrogens with one attached hydrogen (secondary N) is 1. The van der Waals surface area contributed by atoms with Gasteiger partial charge in [0.25, 0.3) is 5.91 Å². The van der Waals surface area contributed by atoms with E-state index < -0.39 is 23.5 Å². The predicted molar refractivity (Wildman–Crippen MR) is 68.2 cm³/mol. The Kier molecular flexibility index (Phi) is 3.71. The summed E-state index contributed by atoms with van der Waals surface area (Å²) < 4.78 is 15.3. The average molecular weight is 279 g/mol. The largest absolute Gasteiger partial charge is 0.452 e. The van der Waals surface area contributed by atoms with Gasteiger partial charge < -0.3 is 19.2 Å². The maximum absolute atomic E-state index is 12.3. The van der Waals surface area contributed by atoms with Crippen LogP contribution in [0.3, 0.4) is 0 Å². The number of carbonyl (C=O) groups is 2. The molecular weight excluding hydrogens is 266 g/mol. The van der Waals surface area contributed by atoms with E-state index in [1.165, 1.54) is 13.2 Å². The number of ether oxygens (including phenoxy) is 2. The summed E-state index contributed by atoms with van der Waals surface area (Å²) >= 11 is 0. The number of hydrogen-bond donors (Lipinski definition) is 1. The van der Waals surface area contributed by atoms with Gasteiger partial charge in [0.05, 0.1) is 0 Å². The topological polar surface area (TPSA) is 94.8 Å². The monoisotopic (exact) mass is 279 g/mol. The molecule has 0 saturated carbocycles. The zero-order chi connectivity index (χ0) is 14.9. The van der Waals surface area contributed by atoms with Gasteiger partial charge in [-0.2, -0.15) is 0 Å². The Labute approximate surface area is 114 Å². The number of fused-ring (bicyclic) bond motifs is 1. The van der Waals surface area contributed by atoms with Crippen LogP contribution in [0.2, 0.25) is 0 Å². The lowest BCUT2D eigenvalue weighted by Gasteiger charge is -2.09. The third kappa shape index (κ3) is 2.23. The Bertz CT molecular complexity index is 658. The first kappa shape index (κ1) is 14.0. The van der Waals surface area contributed by atoms with E-state index in [0.717, 1.165) is 6.92 Å². The van der Waals surface area contributed by atoms with E-state index in [9.17, 15) is 14.4 Å². The number of allylic oxidation sites excluding steroid dienone is 1. The van der Waals surface area contributed by atoms with E-state index in [2.05, 4.69) is 5.32 Å². The summed E-state index contributed by atoms with van der Waals surface area (Å²) in [6.45, 7) is 2.87. The molecule has 1 aromatic heterocycles. The second-order valence-electron chi connectivity index (χ2n) is 4.05. The molecular formula is C13H13NO6. The molecule has 0 bridgehead atoms. The fourth-order valence-corrected chi connectivity index (χ4v) is 1.88. The summed E-state index contributed by atoms with van der Waals surface area (Å²) in [4.78, 5) is 35.1. The summed E-state index contributed by atoms with van der Waals surface area (Å²) in [6, 6.07) is 0. The summed E-state index contributed by atoms with van der Waals surface area (Å²) in [5.41, 5.74) is -0.909. The van der Waals surface area contributed by atoms with Gasteiger partial charge in [-0.1, -0.05) is 6.08 Å². The van der Waals surface area contributed by atoms with Crippen molar-refractivity contribution in [2.75, 3.05) is 7.11 Å². The van der Waals surface area contributed by atoms with Crippen LogP contribution >= 0.6 is 0 Å². The zero-order valence-corrected chi connectivity index (χ0v) is 11.2. The van der Waals surface area contributed by atoms with Crippen LogP contribution in [0.1, 0.15) is 42.0 Å². The van der Waals surface area contributed by atoms with Crippen LogP contribution in [-0.2, 0) is 9.53 Å². The molecule has 106 valence electrons. The number of rotatable bonds is 3. The first-order valence-corrected chi connectivity index (χ1v) is 5.85. The number of carbonyl (C=O) groups excluding carboxylic acids is 2. The van der Waals surface area contributed by atoms with E-state index in [0.29, 0.717) is 0 Å². The van der Waals surface area contributed by atoms with Crippen LogP contribution in [0.15, 0.2) is 15.3 Å². The molecule has 1 amide bonds. The van der Waals surface area contributed by atoms with E-state index in [-0.39, 0.29) is 22.8 Å². The minimum atomic E-state index is -0.833. The number of amides is 1. The van der Waals surface area contributed by atoms with Crippen molar-refractivity contribution in [3.63, 3.8) is 0 Å². The molecule has 7 heteroatoms. The van der Waals surface area contributed by atoms with Gasteiger partial charge >= 0.3 is 5.97 Å². The molecule has 1 atom stereocenters. The van der Waals surface area contributed by atoms with Crippen molar-refractivity contribution in [1.29, 1.82) is 0 Å². The fraction of sp³-hybridized carbons (Fsp3) is 0.308. The Morgan fingerprint density at radius 1 is 1.40 bits per heavy atom. The molecule has 1 aliphatic rings. The van der Waals surface area contributed by atoms with Gasteiger partial charge in [-0.25, -0.2) is 0 Å². The van der Waals surface area contributed by atoms with Gasteiger partial charge in [0, 0.05) is 14.0 Å². The smallest absolute Gasteiger partial charge is 0.308 e. The van der Waals surface area contributed by atoms with Crippen LogP contribution in [0.5, 0.6) is 5.75 Å². The molecule has 1 aliphatic heterocycles. The molecule has 0 fully saturated rings. The quantitative estimate of drug-likeness (QED) is 0.829. The van der Waals surface area contributed by atoms with Gasteiger partial charge in [-0.15, -0.1) is 0 Å². The fourth-order valence-electron chi connectivity index (χ4n) is 1.88. The lowest BCUT2D eigenvalue weighted by atomic mass is 10.2. The Morgan fingerprint density at radius 3 is 2.65 bits per heavy atom. The van der Waals surface area contributed by atoms with E-state index in [1.54, 1.807) is 13.0 Å². The first-order valence-electron chi connectivity index (χ1n) is 5.85. The van der Waals surface area contributed by atoms with Crippen LogP contribution < -0.4 is 15.5 Å². The van der Waals surface area contributed by atoms with E-state index in [1.807, 2.05) is 0 Å². The second kappa shape index (κ2) is 5.30. The van der Waals surface area contributed by atoms with Gasteiger partial charge in [-0.05, 0) is 13.0 Å². The molecule has 0 radical (unpaired) electrons. The predicted octanol–water partition coefficient (Wildman–Crippen LogP) is 0.987. The van der Waals surface area contributed by atoms with Gasteiger partial charge in [0.2, 0.25) is 11.2 Å². The lowest BCUT2D eigenvalue weighted by molar-refractivity contribution is -0.132. The highest BCUT2D eigenvalue weighted by molar-refractivity contribution is 5.98. The molecule has 2 heterocycles. The Morgan fingerprint density at radius 2 is 2.10 bits per heavy atom. The van der Waals surface area contributed by atoms with E-state index >= 15 is 0 Å². The summed E-state index contributed by atoms with van der Waals surface area (Å²) in [7, 11) is 1.37. The standard InChI is InChI=1S/C13H13NO6/c1-4-5-7-10(19-6(2)15)9(16)8-11(20-7)13(18-3)14-12(8)17/h4-5,13H,1-3H3,(H,14,17)/b5-4+/t13-/m0/s1. The SMILES string of the molecule is C/C=C/c1oc2c(c(=O)c1OC(C)=O)C(=O)N[C@H]2OC. The highest BCUT2D eigenvalue weighted by Gasteiger charge is 2.36. The van der Waals surface area contributed by atoms with Crippen LogP contribution in [0, 0.1) is 0 Å². The van der Waals surface area contributed by atoms with Crippen molar-refractivity contribution in [3.05, 3.63) is 33.4 Å². The average Bonchev–Trinajstić information content (AvgIpc) is 2.70. The van der Waals surface area contributed by atoms with E-state index in [4.69, 9.17) is 13.9 Å². The molecule has 7 nitrogen and oxygen atoms in total. The van der Waals surface area contributed by atoms with Crippen molar-refractivity contribution in [3.8, 4) is 5.75 Å². The maximum atomic E-state index is 12.3. The normalized spacial score (nSPS) is 17.1. The molecule has 1 N–H and O–H groups in total. The van der Waals surface area contributed by atoms with Crippen LogP contribution in [-0.4, -0.2) is 19.0 Å². The number of methoxy groups -OCH3 is 1. The Balaban J connectivity index is 2.71. The van der Waals surface area contributed by atoms with Crippen molar-refractivity contribution >= 4 is 18.0 Å². The van der Waals surface area contributed by atoms with Gasteiger partial charge in [-0.3, -0.25) is 14.4 Å². The van der Waals surface area contributed by atoms with Crippen molar-refractivity contribution in [1.82, 2.24) is 5.32 Å². The summed E-state index contributed by atoms with van der Waals surface area (Å²) in [6.07, 6.45) is 2.25. The minimum Gasteiger partial charge on any atom is -0.452 e. The summed E-state index contributed by atoms with van der Waals surface area (Å²) in [5, 5.41) is 2.44. The maximum Gasteiger partial charge on any atom is 0.308 e. The number of hydrogen-bond acceptors (Lipinski definition) is 6. The molecule has 0 unspecified atom stereocenters. The molecule has 0 aliphatic carbocycles. The zero-order valence-electron chi connectivity index (χ0n) is 11.2. The molecule has 2 rings (SSSR count). The molecule has 0 spiro atoms. The van der Waals surface area contributed by atoms with Crippen molar-refractivity contribution in [2.45, 2.75) is 20.1 Å². The second-order valence-corrected chi connectivity index (χ2v) is 4.05. The van der Waals surface area contributed by atoms with Gasteiger partial charge in [0.15, 0.2) is 17.7 Å². The number of esters is 1. The highest BCUT2D eigenvalue weighted by atomic mass is 16.5. The van der Waals surface area contributed by atoms with Gasteiger partial charge in [0.1, 0.15) is 5.56 Å². The minimum absolute atomic E-state index is 0.0602. The third-order valence-corrected chi connectivity index (χ3v) is 2.65. The third-order valence-electron chi connectivity index (χ3n) is 2.65. The molecule has 20 heavy (non-hydrogen) atoms. The Hall–Kier alpha value is -2.41. The van der Waals surface area contributed by atoms with Crippen LogP contribution in [0.25, 0.3) is 6.08 Å². The highest BCUT2D eigenvalue weighted by Crippen LogP contribution is 2.29.